The molecular formula is C9H17F. The number of hydrogen-bond donors (Lipinski definition) is 0. The highest BCUT2D eigenvalue weighted by atomic mass is 19.1. The third kappa shape index (κ3) is 1.50. The number of halogens is 1. The summed E-state index contributed by atoms with van der Waals surface area (Å²) in [6.07, 6.45) is 0.505. The predicted octanol–water partition coefficient (Wildman–Crippen LogP) is 3.03. The Kier molecular flexibility index (Phi) is 1.78. The maximum Gasteiger partial charge on any atom is 0.100 e. The lowest BCUT2D eigenvalue weighted by molar-refractivity contribution is 0.257. The van der Waals surface area contributed by atoms with E-state index in [0.29, 0.717) is 17.3 Å². The van der Waals surface area contributed by atoms with Crippen LogP contribution >= 0.6 is 0 Å². The Labute approximate surface area is 62.8 Å². The van der Waals surface area contributed by atoms with Gasteiger partial charge in [-0.2, -0.15) is 0 Å². The molecule has 1 fully saturated rings. The molecule has 0 spiro atoms. The quantitative estimate of drug-likeness (QED) is 0.530. The van der Waals surface area contributed by atoms with E-state index >= 15 is 0 Å². The van der Waals surface area contributed by atoms with Gasteiger partial charge < -0.3 is 0 Å². The van der Waals surface area contributed by atoms with E-state index in [1.807, 2.05) is 0 Å². The van der Waals surface area contributed by atoms with Crippen molar-refractivity contribution in [2.45, 2.75) is 40.3 Å². The smallest absolute Gasteiger partial charge is 0.100 e. The van der Waals surface area contributed by atoms with Crippen molar-refractivity contribution in [3.8, 4) is 0 Å². The maximum atomic E-state index is 12.7. The molecule has 0 aromatic heterocycles. The molecule has 60 valence electrons. The molecule has 0 saturated heterocycles. The highest BCUT2D eigenvalue weighted by molar-refractivity contribution is 4.96. The lowest BCUT2D eigenvalue weighted by Gasteiger charge is -2.18. The van der Waals surface area contributed by atoms with Crippen LogP contribution in [0.2, 0.25) is 0 Å². The fourth-order valence-corrected chi connectivity index (χ4v) is 1.72. The average molecular weight is 144 g/mol. The highest BCUT2D eigenvalue weighted by Crippen LogP contribution is 2.52. The second-order valence-electron chi connectivity index (χ2n) is 4.55. The Morgan fingerprint density at radius 3 is 2.00 bits per heavy atom. The number of alkyl halides is 1. The monoisotopic (exact) mass is 144 g/mol. The van der Waals surface area contributed by atoms with E-state index in [2.05, 4.69) is 20.8 Å². The van der Waals surface area contributed by atoms with Gasteiger partial charge in [0.15, 0.2) is 0 Å². The average Bonchev–Trinajstić information content (AvgIpc) is 2.35. The first-order valence-electron chi connectivity index (χ1n) is 4.07. The van der Waals surface area contributed by atoms with Crippen LogP contribution in [0.4, 0.5) is 4.39 Å². The van der Waals surface area contributed by atoms with Crippen molar-refractivity contribution in [1.82, 2.24) is 0 Å². The third-order valence-corrected chi connectivity index (χ3v) is 2.54. The van der Waals surface area contributed by atoms with Crippen LogP contribution in [0.3, 0.4) is 0 Å². The Hall–Kier alpha value is -0.0700. The molecule has 0 nitrogen and oxygen atoms in total. The van der Waals surface area contributed by atoms with Gasteiger partial charge in [-0.3, -0.25) is 0 Å². The number of hydrogen-bond acceptors (Lipinski definition) is 0. The van der Waals surface area contributed by atoms with E-state index in [4.69, 9.17) is 0 Å². The summed E-state index contributed by atoms with van der Waals surface area (Å²) in [5.41, 5.74) is 0.324. The van der Waals surface area contributed by atoms with Crippen LogP contribution in [0.1, 0.15) is 34.1 Å². The van der Waals surface area contributed by atoms with Crippen molar-refractivity contribution in [3.63, 3.8) is 0 Å². The third-order valence-electron chi connectivity index (χ3n) is 2.54. The predicted molar refractivity (Wildman–Crippen MR) is 41.6 cm³/mol. The highest BCUT2D eigenvalue weighted by Gasteiger charge is 2.47. The van der Waals surface area contributed by atoms with Crippen molar-refractivity contribution in [1.29, 1.82) is 0 Å². The molecule has 0 aromatic rings. The van der Waals surface area contributed by atoms with Crippen molar-refractivity contribution in [3.05, 3.63) is 0 Å². The zero-order chi connectivity index (χ0) is 7.94. The molecule has 1 heteroatoms. The molecule has 0 aromatic carbocycles. The van der Waals surface area contributed by atoms with Crippen molar-refractivity contribution in [2.75, 3.05) is 0 Å². The van der Waals surface area contributed by atoms with Crippen LogP contribution in [0.25, 0.3) is 0 Å². The molecule has 0 amide bonds. The lowest BCUT2D eigenvalue weighted by atomic mass is 9.88. The topological polar surface area (TPSA) is 0 Å². The number of rotatable bonds is 1. The van der Waals surface area contributed by atoms with Gasteiger partial charge in [0.2, 0.25) is 0 Å². The lowest BCUT2D eigenvalue weighted by Crippen LogP contribution is -2.12. The maximum absolute atomic E-state index is 12.7. The summed E-state index contributed by atoms with van der Waals surface area (Å²) in [5, 5.41) is 0. The van der Waals surface area contributed by atoms with Crippen LogP contribution in [0, 0.1) is 17.3 Å². The summed E-state index contributed by atoms with van der Waals surface area (Å²) in [5.74, 6) is 0.993. The van der Waals surface area contributed by atoms with Crippen molar-refractivity contribution < 1.29 is 4.39 Å². The molecule has 3 unspecified atom stereocenters. The first kappa shape index (κ1) is 8.03. The molecule has 1 aliphatic rings. The molecule has 0 N–H and O–H groups in total. The molecule has 0 radical (unpaired) electrons. The second kappa shape index (κ2) is 2.21. The summed E-state index contributed by atoms with van der Waals surface area (Å²) in [6.45, 7) is 8.26. The first-order valence-corrected chi connectivity index (χ1v) is 4.07. The minimum absolute atomic E-state index is 0.324. The van der Waals surface area contributed by atoms with Gasteiger partial charge in [0.25, 0.3) is 0 Å². The zero-order valence-electron chi connectivity index (χ0n) is 7.32. The standard InChI is InChI=1S/C9H17F/c1-6(10)7-5-8(7)9(2,3)4/h6-8H,5H2,1-4H3. The summed E-state index contributed by atoms with van der Waals surface area (Å²) >= 11 is 0. The van der Waals surface area contributed by atoms with E-state index in [1.54, 1.807) is 6.92 Å². The minimum atomic E-state index is -0.593. The van der Waals surface area contributed by atoms with Crippen LogP contribution in [0.5, 0.6) is 0 Å². The molecule has 1 rings (SSSR count). The van der Waals surface area contributed by atoms with Gasteiger partial charge in [-0.1, -0.05) is 20.8 Å². The Balaban J connectivity index is 2.39. The molecule has 1 aliphatic carbocycles. The Morgan fingerprint density at radius 2 is 1.90 bits per heavy atom. The molecular weight excluding hydrogens is 127 g/mol. The van der Waals surface area contributed by atoms with Gasteiger partial charge in [0.05, 0.1) is 0 Å². The molecule has 10 heavy (non-hydrogen) atoms. The van der Waals surface area contributed by atoms with Crippen LogP contribution in [-0.4, -0.2) is 6.17 Å². The Bertz CT molecular complexity index is 121. The first-order chi connectivity index (χ1) is 4.43. The molecule has 0 bridgehead atoms. The van der Waals surface area contributed by atoms with E-state index in [0.717, 1.165) is 6.42 Å². The second-order valence-corrected chi connectivity index (χ2v) is 4.55. The summed E-state index contributed by atoms with van der Waals surface area (Å²) < 4.78 is 12.7. The minimum Gasteiger partial charge on any atom is -0.247 e. The SMILES string of the molecule is CC(F)C1CC1C(C)(C)C. The summed E-state index contributed by atoms with van der Waals surface area (Å²) in [7, 11) is 0. The van der Waals surface area contributed by atoms with E-state index < -0.39 is 6.17 Å². The summed E-state index contributed by atoms with van der Waals surface area (Å²) in [4.78, 5) is 0. The normalized spacial score (nSPS) is 35.7. The fraction of sp³-hybridized carbons (Fsp3) is 1.00. The zero-order valence-corrected chi connectivity index (χ0v) is 7.32. The fourth-order valence-electron chi connectivity index (χ4n) is 1.72. The van der Waals surface area contributed by atoms with Crippen LogP contribution < -0.4 is 0 Å². The van der Waals surface area contributed by atoms with Gasteiger partial charge in [0, 0.05) is 0 Å². The van der Waals surface area contributed by atoms with Gasteiger partial charge in [-0.05, 0) is 30.6 Å². The van der Waals surface area contributed by atoms with Gasteiger partial charge in [0.1, 0.15) is 6.17 Å². The largest absolute Gasteiger partial charge is 0.247 e. The Morgan fingerprint density at radius 1 is 1.40 bits per heavy atom. The molecule has 3 atom stereocenters. The van der Waals surface area contributed by atoms with E-state index in [1.165, 1.54) is 0 Å². The molecule has 1 saturated carbocycles. The van der Waals surface area contributed by atoms with Gasteiger partial charge in [-0.15, -0.1) is 0 Å². The van der Waals surface area contributed by atoms with Crippen LogP contribution in [0.15, 0.2) is 0 Å². The van der Waals surface area contributed by atoms with Crippen molar-refractivity contribution >= 4 is 0 Å². The van der Waals surface area contributed by atoms with E-state index in [-0.39, 0.29) is 0 Å². The summed E-state index contributed by atoms with van der Waals surface area (Å²) in [6, 6.07) is 0. The van der Waals surface area contributed by atoms with Crippen LogP contribution in [-0.2, 0) is 0 Å². The molecule has 0 heterocycles. The van der Waals surface area contributed by atoms with Gasteiger partial charge in [-0.25, -0.2) is 4.39 Å². The van der Waals surface area contributed by atoms with Crippen molar-refractivity contribution in [2.24, 2.45) is 17.3 Å². The molecule has 0 aliphatic heterocycles. The van der Waals surface area contributed by atoms with E-state index in [9.17, 15) is 4.39 Å². The van der Waals surface area contributed by atoms with Gasteiger partial charge >= 0.3 is 0 Å².